The van der Waals surface area contributed by atoms with E-state index >= 15 is 0 Å². The number of hydrogen-bond donors (Lipinski definition) is 1. The summed E-state index contributed by atoms with van der Waals surface area (Å²) in [5.74, 6) is -0.376. The van der Waals surface area contributed by atoms with E-state index in [1.165, 1.54) is 0 Å². The number of hydrogen-bond acceptors (Lipinski definition) is 5. The second-order valence-electron chi connectivity index (χ2n) is 5.09. The fourth-order valence-corrected chi connectivity index (χ4v) is 3.64. The second-order valence-corrected chi connectivity index (χ2v) is 7.31. The van der Waals surface area contributed by atoms with Crippen LogP contribution in [0.25, 0.3) is 0 Å². The molecule has 1 atom stereocenters. The minimum atomic E-state index is -3.17. The summed E-state index contributed by atoms with van der Waals surface area (Å²) < 4.78 is 28.7. The Morgan fingerprint density at radius 1 is 1.37 bits per heavy atom. The van der Waals surface area contributed by atoms with E-state index in [0.717, 1.165) is 38.6 Å². The number of carbonyl (C=O) groups excluding carboxylic acids is 1. The average Bonchev–Trinajstić information content (AvgIpc) is 2.38. The van der Waals surface area contributed by atoms with Gasteiger partial charge >= 0.3 is 5.97 Å². The molecule has 0 bridgehead atoms. The lowest BCUT2D eigenvalue weighted by Gasteiger charge is -2.23. The predicted molar refractivity (Wildman–Crippen MR) is 74.8 cm³/mol. The Hall–Kier alpha value is -0.620. The fraction of sp³-hybridized carbons (Fsp3) is 0.923. The van der Waals surface area contributed by atoms with Gasteiger partial charge < -0.3 is 10.1 Å². The van der Waals surface area contributed by atoms with Gasteiger partial charge in [0.15, 0.2) is 9.84 Å². The molecule has 5 nitrogen and oxygen atoms in total. The van der Waals surface area contributed by atoms with Gasteiger partial charge in [0, 0.05) is 6.04 Å². The van der Waals surface area contributed by atoms with Crippen LogP contribution >= 0.6 is 0 Å². The van der Waals surface area contributed by atoms with E-state index in [4.69, 9.17) is 4.74 Å². The van der Waals surface area contributed by atoms with Crippen LogP contribution in [0.3, 0.4) is 0 Å². The molecule has 0 aromatic heterocycles. The van der Waals surface area contributed by atoms with E-state index in [1.807, 2.05) is 6.92 Å². The van der Waals surface area contributed by atoms with Crippen molar-refractivity contribution in [3.05, 3.63) is 0 Å². The number of ether oxygens (including phenoxy) is 1. The Morgan fingerprint density at radius 2 is 2.16 bits per heavy atom. The SMILES string of the molecule is CCCCOC(=O)CCS(=O)(=O)CC1CCCCN1. The van der Waals surface area contributed by atoms with E-state index in [9.17, 15) is 13.2 Å². The number of piperidine rings is 1. The highest BCUT2D eigenvalue weighted by molar-refractivity contribution is 7.91. The van der Waals surface area contributed by atoms with Crippen molar-refractivity contribution in [1.82, 2.24) is 5.32 Å². The lowest BCUT2D eigenvalue weighted by atomic mass is 10.1. The highest BCUT2D eigenvalue weighted by Gasteiger charge is 2.21. The minimum absolute atomic E-state index is 0.0290. The number of carbonyl (C=O) groups is 1. The van der Waals surface area contributed by atoms with Gasteiger partial charge in [0.1, 0.15) is 0 Å². The van der Waals surface area contributed by atoms with E-state index in [0.29, 0.717) is 6.61 Å². The molecule has 112 valence electrons. The quantitative estimate of drug-likeness (QED) is 0.539. The normalized spacial score (nSPS) is 20.2. The summed E-state index contributed by atoms with van der Waals surface area (Å²) >= 11 is 0. The van der Waals surface area contributed by atoms with Crippen molar-refractivity contribution in [3.63, 3.8) is 0 Å². The van der Waals surface area contributed by atoms with Crippen LogP contribution in [0.15, 0.2) is 0 Å². The van der Waals surface area contributed by atoms with Crippen LogP contribution in [-0.4, -0.2) is 45.1 Å². The van der Waals surface area contributed by atoms with Gasteiger partial charge in [-0.3, -0.25) is 4.79 Å². The van der Waals surface area contributed by atoms with Crippen LogP contribution in [0.1, 0.15) is 45.4 Å². The first-order chi connectivity index (χ1) is 9.03. The summed E-state index contributed by atoms with van der Waals surface area (Å²) in [6.45, 7) is 3.29. The highest BCUT2D eigenvalue weighted by Crippen LogP contribution is 2.10. The van der Waals surface area contributed by atoms with Crippen LogP contribution in [0.4, 0.5) is 0 Å². The Bertz CT molecular complexity index is 361. The molecule has 0 saturated carbocycles. The zero-order valence-corrected chi connectivity index (χ0v) is 12.5. The summed E-state index contributed by atoms with van der Waals surface area (Å²) in [6.07, 6.45) is 4.84. The molecule has 0 spiro atoms. The molecule has 0 amide bonds. The van der Waals surface area contributed by atoms with Crippen LogP contribution in [0.5, 0.6) is 0 Å². The maximum Gasteiger partial charge on any atom is 0.306 e. The van der Waals surface area contributed by atoms with Gasteiger partial charge in [0.2, 0.25) is 0 Å². The molecule has 1 rings (SSSR count). The van der Waals surface area contributed by atoms with Gasteiger partial charge in [-0.25, -0.2) is 8.42 Å². The Kier molecular flexibility index (Phi) is 7.38. The largest absolute Gasteiger partial charge is 0.466 e. The van der Waals surface area contributed by atoms with Gasteiger partial charge in [-0.2, -0.15) is 0 Å². The summed E-state index contributed by atoms with van der Waals surface area (Å²) in [5.41, 5.74) is 0. The number of nitrogens with one attached hydrogen (secondary N) is 1. The fourth-order valence-electron chi connectivity index (χ4n) is 2.10. The molecule has 0 aromatic rings. The Labute approximate surface area is 116 Å². The number of unbranched alkanes of at least 4 members (excludes halogenated alkanes) is 1. The molecular weight excluding hydrogens is 266 g/mol. The van der Waals surface area contributed by atoms with Gasteiger partial charge in [-0.15, -0.1) is 0 Å². The van der Waals surface area contributed by atoms with Crippen LogP contribution in [-0.2, 0) is 19.4 Å². The van der Waals surface area contributed by atoms with Crippen molar-refractivity contribution < 1.29 is 17.9 Å². The Morgan fingerprint density at radius 3 is 2.79 bits per heavy atom. The second kappa shape index (κ2) is 8.53. The van der Waals surface area contributed by atoms with E-state index in [-0.39, 0.29) is 24.0 Å². The zero-order valence-electron chi connectivity index (χ0n) is 11.7. The smallest absolute Gasteiger partial charge is 0.306 e. The summed E-state index contributed by atoms with van der Waals surface area (Å²) in [4.78, 5) is 11.4. The third-order valence-corrected chi connectivity index (χ3v) is 4.98. The molecular formula is C13H25NO4S. The molecule has 0 aliphatic carbocycles. The maximum atomic E-state index is 11.9. The molecule has 1 fully saturated rings. The molecule has 1 aliphatic heterocycles. The van der Waals surface area contributed by atoms with Crippen molar-refractivity contribution in [2.45, 2.75) is 51.5 Å². The molecule has 0 aromatic carbocycles. The zero-order chi connectivity index (χ0) is 14.1. The van der Waals surface area contributed by atoms with E-state index < -0.39 is 15.8 Å². The van der Waals surface area contributed by atoms with Crippen LogP contribution < -0.4 is 5.32 Å². The van der Waals surface area contributed by atoms with Crippen molar-refractivity contribution >= 4 is 15.8 Å². The van der Waals surface area contributed by atoms with Crippen molar-refractivity contribution in [3.8, 4) is 0 Å². The predicted octanol–water partition coefficient (Wildman–Crippen LogP) is 1.28. The molecule has 0 radical (unpaired) electrons. The maximum absolute atomic E-state index is 11.9. The number of rotatable bonds is 8. The number of sulfone groups is 1. The van der Waals surface area contributed by atoms with Gasteiger partial charge in [0.25, 0.3) is 0 Å². The first-order valence-electron chi connectivity index (χ1n) is 7.13. The summed E-state index contributed by atoms with van der Waals surface area (Å²) in [5, 5.41) is 3.21. The molecule has 1 N–H and O–H groups in total. The Balaban J connectivity index is 2.23. The third-order valence-electron chi connectivity index (χ3n) is 3.25. The third kappa shape index (κ3) is 7.52. The molecule has 1 unspecified atom stereocenters. The summed E-state index contributed by atoms with van der Waals surface area (Å²) in [7, 11) is -3.17. The highest BCUT2D eigenvalue weighted by atomic mass is 32.2. The first kappa shape index (κ1) is 16.4. The summed E-state index contributed by atoms with van der Waals surface area (Å²) in [6, 6.07) is 0.0508. The lowest BCUT2D eigenvalue weighted by Crippen LogP contribution is -2.40. The van der Waals surface area contributed by atoms with E-state index in [2.05, 4.69) is 5.32 Å². The first-order valence-corrected chi connectivity index (χ1v) is 8.95. The minimum Gasteiger partial charge on any atom is -0.466 e. The molecule has 1 saturated heterocycles. The van der Waals surface area contributed by atoms with Gasteiger partial charge in [-0.1, -0.05) is 19.8 Å². The molecule has 1 aliphatic rings. The topological polar surface area (TPSA) is 72.5 Å². The van der Waals surface area contributed by atoms with Crippen LogP contribution in [0, 0.1) is 0 Å². The van der Waals surface area contributed by atoms with Crippen molar-refractivity contribution in [2.75, 3.05) is 24.7 Å². The van der Waals surface area contributed by atoms with Crippen LogP contribution in [0.2, 0.25) is 0 Å². The standard InChI is InChI=1S/C13H25NO4S/c1-2-3-9-18-13(15)7-10-19(16,17)11-12-6-4-5-8-14-12/h12,14H,2-11H2,1H3. The van der Waals surface area contributed by atoms with Gasteiger partial charge in [-0.05, 0) is 25.8 Å². The monoisotopic (exact) mass is 291 g/mol. The lowest BCUT2D eigenvalue weighted by molar-refractivity contribution is -0.143. The molecule has 1 heterocycles. The van der Waals surface area contributed by atoms with Crippen molar-refractivity contribution in [2.24, 2.45) is 0 Å². The van der Waals surface area contributed by atoms with Gasteiger partial charge in [0.05, 0.1) is 24.5 Å². The molecule has 19 heavy (non-hydrogen) atoms. The van der Waals surface area contributed by atoms with E-state index in [1.54, 1.807) is 0 Å². The average molecular weight is 291 g/mol. The molecule has 6 heteroatoms. The van der Waals surface area contributed by atoms with Crippen molar-refractivity contribution in [1.29, 1.82) is 0 Å². The number of esters is 1.